The molecule has 1 N–H and O–H groups in total. The second kappa shape index (κ2) is 6.99. The van der Waals surface area contributed by atoms with Gasteiger partial charge in [0.25, 0.3) is 0 Å². The minimum absolute atomic E-state index is 0.179. The Balaban J connectivity index is 1.89. The zero-order valence-corrected chi connectivity index (χ0v) is 12.0. The number of hydrogen-bond acceptors (Lipinski definition) is 2. The van der Waals surface area contributed by atoms with E-state index in [-0.39, 0.29) is 11.9 Å². The van der Waals surface area contributed by atoms with Gasteiger partial charge >= 0.3 is 0 Å². The van der Waals surface area contributed by atoms with Gasteiger partial charge in [-0.05, 0) is 44.7 Å². The van der Waals surface area contributed by atoms with E-state index >= 15 is 0 Å². The van der Waals surface area contributed by atoms with Gasteiger partial charge in [0.2, 0.25) is 0 Å². The van der Waals surface area contributed by atoms with E-state index in [0.717, 1.165) is 11.6 Å². The number of pyridine rings is 1. The van der Waals surface area contributed by atoms with E-state index in [4.69, 9.17) is 0 Å². The lowest BCUT2D eigenvalue weighted by Gasteiger charge is -2.27. The first kappa shape index (κ1) is 14.4. The normalized spacial score (nSPS) is 20.8. The quantitative estimate of drug-likeness (QED) is 0.823. The molecule has 1 aliphatic carbocycles. The molecule has 106 valence electrons. The average molecular weight is 264 g/mol. The van der Waals surface area contributed by atoms with Gasteiger partial charge < -0.3 is 5.32 Å². The molecule has 0 bridgehead atoms. The predicted molar refractivity (Wildman–Crippen MR) is 76.4 cm³/mol. The summed E-state index contributed by atoms with van der Waals surface area (Å²) in [4.78, 5) is 4.16. The number of nitrogens with one attached hydrogen (secondary N) is 1. The first-order chi connectivity index (χ1) is 9.16. The smallest absolute Gasteiger partial charge is 0.141 e. The molecule has 1 saturated carbocycles. The maximum absolute atomic E-state index is 12.9. The molecule has 0 aromatic carbocycles. The number of nitrogens with zero attached hydrogens (tertiary/aromatic N) is 1. The van der Waals surface area contributed by atoms with Gasteiger partial charge in [0.05, 0.1) is 11.9 Å². The van der Waals surface area contributed by atoms with Crippen LogP contribution in [0.5, 0.6) is 0 Å². The molecule has 2 nitrogen and oxygen atoms in total. The van der Waals surface area contributed by atoms with Gasteiger partial charge in [-0.3, -0.25) is 4.98 Å². The lowest BCUT2D eigenvalue weighted by molar-refractivity contribution is 0.314. The summed E-state index contributed by atoms with van der Waals surface area (Å²) in [5.41, 5.74) is 0.918. The van der Waals surface area contributed by atoms with Gasteiger partial charge in [-0.25, -0.2) is 4.39 Å². The van der Waals surface area contributed by atoms with Crippen molar-refractivity contribution >= 4 is 0 Å². The first-order valence-electron chi connectivity index (χ1n) is 7.54. The Hall–Kier alpha value is -0.960. The molecule has 1 aromatic heterocycles. The predicted octanol–water partition coefficient (Wildman–Crippen LogP) is 4.23. The number of aromatic nitrogens is 1. The molecule has 1 aromatic rings. The van der Waals surface area contributed by atoms with E-state index in [9.17, 15) is 4.39 Å². The zero-order valence-electron chi connectivity index (χ0n) is 12.0. The standard InChI is InChI=1S/C16H25FN2/c1-12(14-7-5-3-4-6-8-14)19-13(2)16-10-9-15(17)11-18-16/h9-14,19H,3-8H2,1-2H3/t12-,13?/m0/s1. The summed E-state index contributed by atoms with van der Waals surface area (Å²) in [6, 6.07) is 3.93. The maximum atomic E-state index is 12.9. The molecule has 1 unspecified atom stereocenters. The number of rotatable bonds is 4. The van der Waals surface area contributed by atoms with Crippen molar-refractivity contribution in [2.45, 2.75) is 64.5 Å². The summed E-state index contributed by atoms with van der Waals surface area (Å²) in [5.74, 6) is 0.498. The fourth-order valence-corrected chi connectivity index (χ4v) is 3.07. The van der Waals surface area contributed by atoms with Crippen molar-refractivity contribution in [1.29, 1.82) is 0 Å². The van der Waals surface area contributed by atoms with E-state index in [1.54, 1.807) is 6.07 Å². The third kappa shape index (κ3) is 4.27. The van der Waals surface area contributed by atoms with Crippen LogP contribution in [0.25, 0.3) is 0 Å². The van der Waals surface area contributed by atoms with E-state index in [0.29, 0.717) is 6.04 Å². The molecule has 0 saturated heterocycles. The van der Waals surface area contributed by atoms with Crippen LogP contribution in [0.15, 0.2) is 18.3 Å². The van der Waals surface area contributed by atoms with Crippen LogP contribution in [0.4, 0.5) is 4.39 Å². The molecule has 3 heteroatoms. The minimum atomic E-state index is -0.271. The molecule has 0 spiro atoms. The molecular formula is C16H25FN2. The third-order valence-electron chi connectivity index (χ3n) is 4.31. The Morgan fingerprint density at radius 2 is 1.84 bits per heavy atom. The van der Waals surface area contributed by atoms with Crippen LogP contribution in [-0.4, -0.2) is 11.0 Å². The fourth-order valence-electron chi connectivity index (χ4n) is 3.07. The third-order valence-corrected chi connectivity index (χ3v) is 4.31. The second-order valence-electron chi connectivity index (χ2n) is 5.83. The molecule has 0 amide bonds. The highest BCUT2D eigenvalue weighted by atomic mass is 19.1. The fraction of sp³-hybridized carbons (Fsp3) is 0.688. The van der Waals surface area contributed by atoms with Crippen molar-refractivity contribution in [2.24, 2.45) is 5.92 Å². The van der Waals surface area contributed by atoms with E-state index < -0.39 is 0 Å². The van der Waals surface area contributed by atoms with Gasteiger partial charge in [-0.2, -0.15) is 0 Å². The molecule has 19 heavy (non-hydrogen) atoms. The Morgan fingerprint density at radius 3 is 2.42 bits per heavy atom. The summed E-state index contributed by atoms with van der Waals surface area (Å²) in [6.45, 7) is 4.38. The highest BCUT2D eigenvalue weighted by molar-refractivity contribution is 5.09. The summed E-state index contributed by atoms with van der Waals surface area (Å²) < 4.78 is 12.9. The second-order valence-corrected chi connectivity index (χ2v) is 5.83. The van der Waals surface area contributed by atoms with Crippen LogP contribution < -0.4 is 5.32 Å². The summed E-state index contributed by atoms with van der Waals surface area (Å²) in [5, 5.41) is 3.63. The molecule has 1 aliphatic rings. The zero-order chi connectivity index (χ0) is 13.7. The molecule has 2 atom stereocenters. The van der Waals surface area contributed by atoms with Crippen LogP contribution in [0.2, 0.25) is 0 Å². The monoisotopic (exact) mass is 264 g/mol. The number of halogens is 1. The van der Waals surface area contributed by atoms with Crippen molar-refractivity contribution in [3.05, 3.63) is 29.8 Å². The molecular weight excluding hydrogens is 239 g/mol. The Bertz CT molecular complexity index is 369. The van der Waals surface area contributed by atoms with Crippen LogP contribution in [-0.2, 0) is 0 Å². The van der Waals surface area contributed by atoms with E-state index in [1.165, 1.54) is 50.8 Å². The summed E-state index contributed by atoms with van der Waals surface area (Å²) in [6.07, 6.45) is 9.45. The molecule has 0 aliphatic heterocycles. The minimum Gasteiger partial charge on any atom is -0.306 e. The maximum Gasteiger partial charge on any atom is 0.141 e. The average Bonchev–Trinajstić information content (AvgIpc) is 2.68. The first-order valence-corrected chi connectivity index (χ1v) is 7.54. The van der Waals surface area contributed by atoms with Crippen molar-refractivity contribution in [2.75, 3.05) is 0 Å². The highest BCUT2D eigenvalue weighted by Crippen LogP contribution is 2.26. The summed E-state index contributed by atoms with van der Waals surface area (Å²) in [7, 11) is 0. The highest BCUT2D eigenvalue weighted by Gasteiger charge is 2.21. The molecule has 2 rings (SSSR count). The van der Waals surface area contributed by atoms with Crippen molar-refractivity contribution in [1.82, 2.24) is 10.3 Å². The lowest BCUT2D eigenvalue weighted by Crippen LogP contribution is -2.35. The van der Waals surface area contributed by atoms with Gasteiger partial charge in [0.15, 0.2) is 0 Å². The van der Waals surface area contributed by atoms with Crippen LogP contribution in [0, 0.1) is 11.7 Å². The summed E-state index contributed by atoms with van der Waals surface area (Å²) >= 11 is 0. The SMILES string of the molecule is CC(N[C@@H](C)C1CCCCCC1)c1ccc(F)cn1. The van der Waals surface area contributed by atoms with Crippen LogP contribution in [0.3, 0.4) is 0 Å². The molecule has 0 radical (unpaired) electrons. The van der Waals surface area contributed by atoms with Crippen molar-refractivity contribution in [3.63, 3.8) is 0 Å². The van der Waals surface area contributed by atoms with Crippen molar-refractivity contribution in [3.8, 4) is 0 Å². The molecule has 1 heterocycles. The van der Waals surface area contributed by atoms with E-state index in [2.05, 4.69) is 24.1 Å². The topological polar surface area (TPSA) is 24.9 Å². The van der Waals surface area contributed by atoms with Crippen LogP contribution in [0.1, 0.15) is 64.1 Å². The van der Waals surface area contributed by atoms with Gasteiger partial charge in [0, 0.05) is 12.1 Å². The van der Waals surface area contributed by atoms with Crippen molar-refractivity contribution < 1.29 is 4.39 Å². The Labute approximate surface area is 115 Å². The molecule has 1 fully saturated rings. The van der Waals surface area contributed by atoms with E-state index in [1.807, 2.05) is 0 Å². The van der Waals surface area contributed by atoms with Gasteiger partial charge in [-0.1, -0.05) is 25.7 Å². The largest absolute Gasteiger partial charge is 0.306 e. The lowest BCUT2D eigenvalue weighted by atomic mass is 9.92. The van der Waals surface area contributed by atoms with Gasteiger partial charge in [-0.15, -0.1) is 0 Å². The number of hydrogen-bond donors (Lipinski definition) is 1. The Kier molecular flexibility index (Phi) is 5.32. The van der Waals surface area contributed by atoms with Gasteiger partial charge in [0.1, 0.15) is 5.82 Å². The van der Waals surface area contributed by atoms with Crippen LogP contribution >= 0.6 is 0 Å². The Morgan fingerprint density at radius 1 is 1.16 bits per heavy atom.